The van der Waals surface area contributed by atoms with Gasteiger partial charge in [0, 0.05) is 30.2 Å². The Labute approximate surface area is 184 Å². The van der Waals surface area contributed by atoms with Crippen molar-refractivity contribution in [3.63, 3.8) is 0 Å². The van der Waals surface area contributed by atoms with Crippen molar-refractivity contribution in [1.82, 2.24) is 29.3 Å². The lowest BCUT2D eigenvalue weighted by Gasteiger charge is -2.06. The third kappa shape index (κ3) is 5.15. The zero-order chi connectivity index (χ0) is 21.8. The van der Waals surface area contributed by atoms with E-state index >= 15 is 0 Å². The molecule has 0 saturated carbocycles. The second-order valence-electron chi connectivity index (χ2n) is 7.13. The molecule has 0 amide bonds. The summed E-state index contributed by atoms with van der Waals surface area (Å²) in [4.78, 5) is 0. The Morgan fingerprint density at radius 2 is 1.55 bits per heavy atom. The molecule has 4 rings (SSSR count). The fourth-order valence-electron chi connectivity index (χ4n) is 3.23. The van der Waals surface area contributed by atoms with Crippen LogP contribution in [0.1, 0.15) is 23.7 Å². The minimum Gasteiger partial charge on any atom is -0.330 e. The van der Waals surface area contributed by atoms with E-state index in [4.69, 9.17) is 12.2 Å². The lowest BCUT2D eigenvalue weighted by molar-refractivity contribution is 0.624. The number of aryl methyl sites for hydroxylation is 1. The van der Waals surface area contributed by atoms with Gasteiger partial charge in [-0.1, -0.05) is 12.1 Å². The Balaban J connectivity index is 1.31. The van der Waals surface area contributed by atoms with Gasteiger partial charge in [0.25, 0.3) is 0 Å². The van der Waals surface area contributed by atoms with Crippen molar-refractivity contribution in [1.29, 1.82) is 0 Å². The van der Waals surface area contributed by atoms with Crippen molar-refractivity contribution in [2.45, 2.75) is 33.5 Å². The van der Waals surface area contributed by atoms with Crippen molar-refractivity contribution >= 4 is 28.7 Å². The lowest BCUT2D eigenvalue weighted by atomic mass is 10.2. The van der Waals surface area contributed by atoms with Gasteiger partial charge in [-0.2, -0.15) is 15.3 Å². The largest absolute Gasteiger partial charge is 0.330 e. The van der Waals surface area contributed by atoms with Crippen LogP contribution in [0.25, 0.3) is 0 Å². The average molecular weight is 439 g/mol. The first-order valence-corrected chi connectivity index (χ1v) is 10.3. The second-order valence-corrected chi connectivity index (χ2v) is 7.54. The van der Waals surface area contributed by atoms with Crippen LogP contribution in [0, 0.1) is 12.7 Å². The van der Waals surface area contributed by atoms with E-state index in [0.29, 0.717) is 18.2 Å². The summed E-state index contributed by atoms with van der Waals surface area (Å²) in [6.07, 6.45) is 9.04. The van der Waals surface area contributed by atoms with Crippen LogP contribution >= 0.6 is 12.2 Å². The highest BCUT2D eigenvalue weighted by molar-refractivity contribution is 7.80. The first kappa shape index (κ1) is 20.7. The Hall–Kier alpha value is -3.53. The molecule has 0 aliphatic carbocycles. The number of thiocarbonyl (C=S) groups is 1. The molecule has 0 spiro atoms. The normalized spacial score (nSPS) is 10.9. The molecule has 0 bridgehead atoms. The van der Waals surface area contributed by atoms with Crippen molar-refractivity contribution in [3.8, 4) is 0 Å². The molecule has 31 heavy (non-hydrogen) atoms. The van der Waals surface area contributed by atoms with Gasteiger partial charge in [0.05, 0.1) is 43.1 Å². The molecule has 3 heterocycles. The van der Waals surface area contributed by atoms with E-state index in [0.717, 1.165) is 34.7 Å². The number of benzene rings is 1. The Morgan fingerprint density at radius 1 is 0.935 bits per heavy atom. The molecule has 0 unspecified atom stereocenters. The third-order valence-corrected chi connectivity index (χ3v) is 5.08. The summed E-state index contributed by atoms with van der Waals surface area (Å²) in [5.74, 6) is -0.252. The first-order chi connectivity index (χ1) is 15.0. The molecule has 3 aromatic heterocycles. The number of hydrogen-bond acceptors (Lipinski definition) is 4. The monoisotopic (exact) mass is 438 g/mol. The van der Waals surface area contributed by atoms with Gasteiger partial charge in [-0.05, 0) is 43.8 Å². The number of halogens is 1. The number of rotatable bonds is 7. The summed E-state index contributed by atoms with van der Waals surface area (Å²) in [6.45, 7) is 6.16. The Kier molecular flexibility index (Phi) is 6.08. The maximum atomic E-state index is 13.0. The Bertz CT molecular complexity index is 1170. The highest BCUT2D eigenvalue weighted by Gasteiger charge is 2.08. The molecule has 0 fully saturated rings. The van der Waals surface area contributed by atoms with Gasteiger partial charge in [0.1, 0.15) is 5.82 Å². The quantitative estimate of drug-likeness (QED) is 0.429. The highest BCUT2D eigenvalue weighted by Crippen LogP contribution is 2.13. The lowest BCUT2D eigenvalue weighted by Crippen LogP contribution is -2.18. The van der Waals surface area contributed by atoms with Gasteiger partial charge in [-0.15, -0.1) is 0 Å². The fourth-order valence-corrected chi connectivity index (χ4v) is 3.47. The summed E-state index contributed by atoms with van der Waals surface area (Å²) in [7, 11) is 0. The van der Waals surface area contributed by atoms with E-state index in [1.54, 1.807) is 29.2 Å². The fraction of sp³-hybridized carbons (Fsp3) is 0.238. The van der Waals surface area contributed by atoms with Crippen LogP contribution in [0.4, 0.5) is 15.8 Å². The van der Waals surface area contributed by atoms with Crippen LogP contribution in [0.3, 0.4) is 0 Å². The molecule has 0 aliphatic rings. The minimum atomic E-state index is -0.252. The highest BCUT2D eigenvalue weighted by atomic mass is 32.1. The maximum absolute atomic E-state index is 13.0. The molecule has 4 aromatic rings. The number of hydrogen-bond donors (Lipinski definition) is 2. The molecule has 8 nitrogen and oxygen atoms in total. The molecular formula is C21H23FN8S. The summed E-state index contributed by atoms with van der Waals surface area (Å²) >= 11 is 5.40. The second kappa shape index (κ2) is 9.09. The summed E-state index contributed by atoms with van der Waals surface area (Å²) in [5.41, 5.74) is 4.78. The van der Waals surface area contributed by atoms with Gasteiger partial charge >= 0.3 is 0 Å². The van der Waals surface area contributed by atoms with Crippen molar-refractivity contribution in [2.24, 2.45) is 0 Å². The molecule has 0 saturated heterocycles. The van der Waals surface area contributed by atoms with Gasteiger partial charge in [-0.25, -0.2) is 4.39 Å². The van der Waals surface area contributed by atoms with E-state index in [9.17, 15) is 4.39 Å². The molecular weight excluding hydrogens is 415 g/mol. The maximum Gasteiger partial charge on any atom is 0.175 e. The standard InChI is InChI=1S/C21H23FN8S/c1-3-30-15(2)17(8-25-30)12-29-14-20(10-24-29)27-21(31)26-19-9-23-28(13-19)11-16-4-6-18(22)7-5-16/h4-10,13-14H,3,11-12H2,1-2H3,(H2,26,27,31). The number of aromatic nitrogens is 6. The minimum absolute atomic E-state index is 0.252. The average Bonchev–Trinajstić information content (AvgIpc) is 3.46. The molecule has 160 valence electrons. The topological polar surface area (TPSA) is 77.5 Å². The van der Waals surface area contributed by atoms with Gasteiger partial charge in [-0.3, -0.25) is 14.0 Å². The third-order valence-electron chi connectivity index (χ3n) is 4.88. The van der Waals surface area contributed by atoms with Crippen LogP contribution in [0.15, 0.2) is 55.2 Å². The van der Waals surface area contributed by atoms with E-state index in [1.165, 1.54) is 12.1 Å². The Morgan fingerprint density at radius 3 is 2.13 bits per heavy atom. The summed E-state index contributed by atoms with van der Waals surface area (Å²) < 4.78 is 18.6. The molecule has 1 aromatic carbocycles. The van der Waals surface area contributed by atoms with Gasteiger partial charge < -0.3 is 10.6 Å². The van der Waals surface area contributed by atoms with Gasteiger partial charge in [0.2, 0.25) is 0 Å². The molecule has 10 heteroatoms. The van der Waals surface area contributed by atoms with Crippen molar-refractivity contribution < 1.29 is 4.39 Å². The first-order valence-electron chi connectivity index (χ1n) is 9.89. The zero-order valence-electron chi connectivity index (χ0n) is 17.3. The van der Waals surface area contributed by atoms with Crippen LogP contribution in [0.5, 0.6) is 0 Å². The SMILES string of the molecule is CCn1ncc(Cn2cc(NC(=S)Nc3cnn(Cc4ccc(F)cc4)c3)cn2)c1C. The van der Waals surface area contributed by atoms with E-state index in [2.05, 4.69) is 39.8 Å². The number of anilines is 2. The van der Waals surface area contributed by atoms with Crippen molar-refractivity contribution in [2.75, 3.05) is 10.6 Å². The smallest absolute Gasteiger partial charge is 0.175 e. The van der Waals surface area contributed by atoms with Crippen LogP contribution in [0.2, 0.25) is 0 Å². The number of nitrogens with one attached hydrogen (secondary N) is 2. The van der Waals surface area contributed by atoms with Gasteiger partial charge in [0.15, 0.2) is 5.11 Å². The molecule has 0 radical (unpaired) electrons. The predicted octanol–water partition coefficient (Wildman–Crippen LogP) is 3.65. The van der Waals surface area contributed by atoms with Crippen LogP contribution in [-0.4, -0.2) is 34.5 Å². The zero-order valence-corrected chi connectivity index (χ0v) is 18.1. The molecule has 0 aliphatic heterocycles. The van der Waals surface area contributed by atoms with E-state index < -0.39 is 0 Å². The molecule has 2 N–H and O–H groups in total. The predicted molar refractivity (Wildman–Crippen MR) is 122 cm³/mol. The summed E-state index contributed by atoms with van der Waals surface area (Å²) in [5, 5.41) is 19.8. The number of nitrogens with zero attached hydrogens (tertiary/aromatic N) is 6. The molecule has 0 atom stereocenters. The van der Waals surface area contributed by atoms with E-state index in [-0.39, 0.29) is 5.82 Å². The van der Waals surface area contributed by atoms with Crippen LogP contribution in [-0.2, 0) is 19.6 Å². The van der Waals surface area contributed by atoms with E-state index in [1.807, 2.05) is 28.0 Å². The van der Waals surface area contributed by atoms with Crippen molar-refractivity contribution in [3.05, 3.63) is 77.9 Å². The summed E-state index contributed by atoms with van der Waals surface area (Å²) in [6, 6.07) is 6.36. The van der Waals surface area contributed by atoms with Crippen LogP contribution < -0.4 is 10.6 Å².